The molecule has 4 nitrogen and oxygen atoms in total. The average Bonchev–Trinajstić information content (AvgIpc) is 2.49. The first kappa shape index (κ1) is 10.9. The molecule has 0 unspecified atom stereocenters. The van der Waals surface area contributed by atoms with Crippen molar-refractivity contribution in [3.63, 3.8) is 0 Å². The van der Waals surface area contributed by atoms with Crippen molar-refractivity contribution in [1.82, 2.24) is 20.1 Å². The number of rotatable bonds is 4. The SMILES string of the molecule is C=CCn1cnc(CNC(C)(C)C)n1. The predicted octanol–water partition coefficient (Wildman–Crippen LogP) is 1.35. The van der Waals surface area contributed by atoms with Crippen molar-refractivity contribution in [3.05, 3.63) is 24.8 Å². The highest BCUT2D eigenvalue weighted by Crippen LogP contribution is 2.00. The molecule has 14 heavy (non-hydrogen) atoms. The van der Waals surface area contributed by atoms with E-state index in [0.717, 1.165) is 5.82 Å². The molecule has 0 aliphatic carbocycles. The normalized spacial score (nSPS) is 11.6. The number of hydrogen-bond donors (Lipinski definition) is 1. The van der Waals surface area contributed by atoms with E-state index in [1.807, 2.05) is 0 Å². The lowest BCUT2D eigenvalue weighted by Crippen LogP contribution is -2.35. The van der Waals surface area contributed by atoms with E-state index < -0.39 is 0 Å². The van der Waals surface area contributed by atoms with E-state index in [9.17, 15) is 0 Å². The van der Waals surface area contributed by atoms with Gasteiger partial charge in [0.1, 0.15) is 6.33 Å². The van der Waals surface area contributed by atoms with E-state index in [1.54, 1.807) is 17.1 Å². The van der Waals surface area contributed by atoms with Crippen LogP contribution in [0.2, 0.25) is 0 Å². The summed E-state index contributed by atoms with van der Waals surface area (Å²) in [5, 5.41) is 7.60. The van der Waals surface area contributed by atoms with Crippen LogP contribution < -0.4 is 5.32 Å². The lowest BCUT2D eigenvalue weighted by Gasteiger charge is -2.18. The maximum atomic E-state index is 4.27. The zero-order valence-corrected chi connectivity index (χ0v) is 9.12. The fourth-order valence-corrected chi connectivity index (χ4v) is 0.979. The minimum absolute atomic E-state index is 0.101. The molecule has 0 fully saturated rings. The minimum atomic E-state index is 0.101. The molecule has 1 aromatic heterocycles. The second-order valence-electron chi connectivity index (χ2n) is 4.28. The van der Waals surface area contributed by atoms with Crippen LogP contribution in [0.15, 0.2) is 19.0 Å². The van der Waals surface area contributed by atoms with Crippen LogP contribution in [0.4, 0.5) is 0 Å². The van der Waals surface area contributed by atoms with Crippen LogP contribution >= 0.6 is 0 Å². The van der Waals surface area contributed by atoms with E-state index in [-0.39, 0.29) is 5.54 Å². The summed E-state index contributed by atoms with van der Waals surface area (Å²) >= 11 is 0. The summed E-state index contributed by atoms with van der Waals surface area (Å²) in [5.74, 6) is 0.821. The third kappa shape index (κ3) is 3.70. The molecule has 4 heteroatoms. The number of hydrogen-bond acceptors (Lipinski definition) is 3. The Bertz CT molecular complexity index is 295. The standard InChI is InChI=1S/C10H18N4/c1-5-6-14-8-11-9(13-14)7-12-10(2,3)4/h5,8,12H,1,6-7H2,2-4H3. The largest absolute Gasteiger partial charge is 0.305 e. The molecule has 0 saturated heterocycles. The van der Waals surface area contributed by atoms with Gasteiger partial charge in [0.15, 0.2) is 5.82 Å². The van der Waals surface area contributed by atoms with Crippen LogP contribution in [-0.4, -0.2) is 20.3 Å². The fourth-order valence-electron chi connectivity index (χ4n) is 0.979. The van der Waals surface area contributed by atoms with Crippen LogP contribution in [0, 0.1) is 0 Å². The Morgan fingerprint density at radius 3 is 2.86 bits per heavy atom. The third-order valence-corrected chi connectivity index (χ3v) is 1.68. The van der Waals surface area contributed by atoms with Crippen molar-refractivity contribution in [2.75, 3.05) is 0 Å². The monoisotopic (exact) mass is 194 g/mol. The second-order valence-corrected chi connectivity index (χ2v) is 4.28. The molecule has 1 N–H and O–H groups in total. The Morgan fingerprint density at radius 1 is 1.57 bits per heavy atom. The molecule has 0 aromatic carbocycles. The second kappa shape index (κ2) is 4.37. The molecule has 0 aliphatic rings. The van der Waals surface area contributed by atoms with Gasteiger partial charge in [0.2, 0.25) is 0 Å². The quantitative estimate of drug-likeness (QED) is 0.736. The summed E-state index contributed by atoms with van der Waals surface area (Å²) in [6.45, 7) is 11.4. The first-order valence-corrected chi connectivity index (χ1v) is 4.75. The van der Waals surface area contributed by atoms with Gasteiger partial charge in [0, 0.05) is 5.54 Å². The molecule has 0 amide bonds. The number of aromatic nitrogens is 3. The van der Waals surface area contributed by atoms with Crippen molar-refractivity contribution in [2.45, 2.75) is 39.4 Å². The van der Waals surface area contributed by atoms with Crippen molar-refractivity contribution in [2.24, 2.45) is 0 Å². The first-order valence-electron chi connectivity index (χ1n) is 4.75. The van der Waals surface area contributed by atoms with Crippen LogP contribution in [0.5, 0.6) is 0 Å². The predicted molar refractivity (Wildman–Crippen MR) is 56.8 cm³/mol. The highest BCUT2D eigenvalue weighted by Gasteiger charge is 2.09. The summed E-state index contributed by atoms with van der Waals surface area (Å²) in [7, 11) is 0. The van der Waals surface area contributed by atoms with Gasteiger partial charge >= 0.3 is 0 Å². The van der Waals surface area contributed by atoms with Gasteiger partial charge in [-0.15, -0.1) is 6.58 Å². The summed E-state index contributed by atoms with van der Waals surface area (Å²) in [4.78, 5) is 4.18. The zero-order valence-electron chi connectivity index (χ0n) is 9.12. The molecule has 78 valence electrons. The highest BCUT2D eigenvalue weighted by molar-refractivity contribution is 4.84. The minimum Gasteiger partial charge on any atom is -0.305 e. The number of nitrogens with zero attached hydrogens (tertiary/aromatic N) is 3. The molecule has 0 atom stereocenters. The van der Waals surface area contributed by atoms with Gasteiger partial charge in [-0.25, -0.2) is 9.67 Å². The number of allylic oxidation sites excluding steroid dienone is 1. The molecule has 0 spiro atoms. The Kier molecular flexibility index (Phi) is 3.41. The van der Waals surface area contributed by atoms with Crippen LogP contribution in [-0.2, 0) is 13.1 Å². The zero-order chi connectivity index (χ0) is 10.6. The average molecular weight is 194 g/mol. The lowest BCUT2D eigenvalue weighted by molar-refractivity contribution is 0.417. The molecule has 0 saturated carbocycles. The summed E-state index contributed by atoms with van der Waals surface area (Å²) in [5.41, 5.74) is 0.101. The third-order valence-electron chi connectivity index (χ3n) is 1.68. The Labute approximate surface area is 85.0 Å². The Balaban J connectivity index is 2.47. The molecule has 0 aliphatic heterocycles. The van der Waals surface area contributed by atoms with Gasteiger partial charge in [0.05, 0.1) is 13.1 Å². The summed E-state index contributed by atoms with van der Waals surface area (Å²) < 4.78 is 1.77. The smallest absolute Gasteiger partial charge is 0.164 e. The molecule has 1 heterocycles. The number of nitrogens with one attached hydrogen (secondary N) is 1. The summed E-state index contributed by atoms with van der Waals surface area (Å²) in [6, 6.07) is 0. The van der Waals surface area contributed by atoms with Crippen LogP contribution in [0.3, 0.4) is 0 Å². The lowest BCUT2D eigenvalue weighted by atomic mass is 10.1. The topological polar surface area (TPSA) is 42.7 Å². The van der Waals surface area contributed by atoms with Crippen molar-refractivity contribution >= 4 is 0 Å². The van der Waals surface area contributed by atoms with Crippen LogP contribution in [0.25, 0.3) is 0 Å². The molecule has 0 bridgehead atoms. The molecular formula is C10H18N4. The maximum absolute atomic E-state index is 4.27. The van der Waals surface area contributed by atoms with E-state index in [1.165, 1.54) is 0 Å². The van der Waals surface area contributed by atoms with Gasteiger partial charge in [-0.05, 0) is 20.8 Å². The molecular weight excluding hydrogens is 176 g/mol. The van der Waals surface area contributed by atoms with Crippen molar-refractivity contribution in [1.29, 1.82) is 0 Å². The molecule has 1 rings (SSSR count). The van der Waals surface area contributed by atoms with E-state index in [4.69, 9.17) is 0 Å². The van der Waals surface area contributed by atoms with Gasteiger partial charge in [-0.3, -0.25) is 0 Å². The van der Waals surface area contributed by atoms with Crippen LogP contribution in [0.1, 0.15) is 26.6 Å². The van der Waals surface area contributed by atoms with E-state index >= 15 is 0 Å². The van der Waals surface area contributed by atoms with Gasteiger partial charge < -0.3 is 5.32 Å². The maximum Gasteiger partial charge on any atom is 0.164 e. The fraction of sp³-hybridized carbons (Fsp3) is 0.600. The van der Waals surface area contributed by atoms with Gasteiger partial charge in [-0.2, -0.15) is 5.10 Å². The van der Waals surface area contributed by atoms with Gasteiger partial charge in [0.25, 0.3) is 0 Å². The molecule has 1 aromatic rings. The van der Waals surface area contributed by atoms with E-state index in [2.05, 4.69) is 42.7 Å². The van der Waals surface area contributed by atoms with Crippen molar-refractivity contribution < 1.29 is 0 Å². The van der Waals surface area contributed by atoms with Gasteiger partial charge in [-0.1, -0.05) is 6.08 Å². The van der Waals surface area contributed by atoms with Crippen molar-refractivity contribution in [3.8, 4) is 0 Å². The Hall–Kier alpha value is -1.16. The summed E-state index contributed by atoms with van der Waals surface area (Å²) in [6.07, 6.45) is 3.52. The molecule has 0 radical (unpaired) electrons. The highest BCUT2D eigenvalue weighted by atomic mass is 15.3. The first-order chi connectivity index (χ1) is 6.51. The van der Waals surface area contributed by atoms with E-state index in [0.29, 0.717) is 13.1 Å². The Morgan fingerprint density at radius 2 is 2.29 bits per heavy atom.